The molecule has 0 spiro atoms. The Morgan fingerprint density at radius 1 is 1.30 bits per heavy atom. The summed E-state index contributed by atoms with van der Waals surface area (Å²) in [6, 6.07) is 0.826. The van der Waals surface area contributed by atoms with Crippen LogP contribution in [0.25, 0.3) is 0 Å². The van der Waals surface area contributed by atoms with Crippen LogP contribution in [-0.2, 0) is 4.74 Å². The average Bonchev–Trinajstić information content (AvgIpc) is 3.20. The molecule has 0 aromatic rings. The molecule has 0 amide bonds. The lowest BCUT2D eigenvalue weighted by atomic mass is 10.1. The van der Waals surface area contributed by atoms with E-state index in [1.165, 1.54) is 12.8 Å². The third-order valence-electron chi connectivity index (χ3n) is 3.80. The molecule has 2 atom stereocenters. The highest BCUT2D eigenvalue weighted by atomic mass is 16.5. The van der Waals surface area contributed by atoms with Crippen LogP contribution in [0.4, 0.5) is 0 Å². The number of nitrogens with one attached hydrogen (secondary N) is 1. The van der Waals surface area contributed by atoms with Gasteiger partial charge in [-0.1, -0.05) is 20.8 Å². The quantitative estimate of drug-likeness (QED) is 0.538. The number of rotatable bonds is 12. The average molecular weight is 286 g/mol. The van der Waals surface area contributed by atoms with E-state index in [0.29, 0.717) is 19.1 Å². The highest BCUT2D eigenvalue weighted by Crippen LogP contribution is 2.25. The van der Waals surface area contributed by atoms with Gasteiger partial charge < -0.3 is 15.2 Å². The fourth-order valence-corrected chi connectivity index (χ4v) is 2.60. The lowest BCUT2D eigenvalue weighted by Gasteiger charge is -2.21. The Bertz CT molecular complexity index is 245. The Morgan fingerprint density at radius 2 is 2.00 bits per heavy atom. The minimum atomic E-state index is -0.402. The van der Waals surface area contributed by atoms with Crippen LogP contribution in [0.3, 0.4) is 0 Å². The molecule has 0 aromatic heterocycles. The summed E-state index contributed by atoms with van der Waals surface area (Å²) in [5, 5.41) is 13.2. The van der Waals surface area contributed by atoms with E-state index in [9.17, 15) is 5.11 Å². The highest BCUT2D eigenvalue weighted by molar-refractivity contribution is 4.84. The molecule has 0 radical (unpaired) electrons. The zero-order chi connectivity index (χ0) is 15.0. The maximum absolute atomic E-state index is 9.88. The molecule has 4 nitrogen and oxygen atoms in total. The minimum Gasteiger partial charge on any atom is -0.389 e. The number of likely N-dealkylation sites (N-methyl/N-ethyl adjacent to an activating group) is 1. The number of hydrogen-bond acceptors (Lipinski definition) is 4. The summed E-state index contributed by atoms with van der Waals surface area (Å²) in [6.07, 6.45) is 3.60. The Labute approximate surface area is 124 Å². The van der Waals surface area contributed by atoms with Crippen molar-refractivity contribution in [3.63, 3.8) is 0 Å². The molecule has 0 aromatic carbocycles. The van der Waals surface area contributed by atoms with Crippen LogP contribution >= 0.6 is 0 Å². The summed E-state index contributed by atoms with van der Waals surface area (Å²) in [7, 11) is 0. The Hall–Kier alpha value is -0.160. The molecular weight excluding hydrogens is 252 g/mol. The van der Waals surface area contributed by atoms with Crippen molar-refractivity contribution in [2.45, 2.75) is 65.2 Å². The second-order valence-electron chi connectivity index (χ2n) is 6.49. The van der Waals surface area contributed by atoms with E-state index in [4.69, 9.17) is 4.74 Å². The van der Waals surface area contributed by atoms with Gasteiger partial charge in [0, 0.05) is 25.7 Å². The van der Waals surface area contributed by atoms with Crippen LogP contribution in [0.15, 0.2) is 0 Å². The van der Waals surface area contributed by atoms with Crippen molar-refractivity contribution in [1.29, 1.82) is 0 Å². The van der Waals surface area contributed by atoms with Gasteiger partial charge in [0.2, 0.25) is 0 Å². The van der Waals surface area contributed by atoms with E-state index in [2.05, 4.69) is 37.9 Å². The van der Waals surface area contributed by atoms with Gasteiger partial charge in [0.15, 0.2) is 0 Å². The molecule has 0 heterocycles. The van der Waals surface area contributed by atoms with Crippen LogP contribution in [0, 0.1) is 5.92 Å². The van der Waals surface area contributed by atoms with Gasteiger partial charge in [0.05, 0.1) is 18.8 Å². The summed E-state index contributed by atoms with van der Waals surface area (Å²) < 4.78 is 5.66. The first-order valence-electron chi connectivity index (χ1n) is 8.27. The van der Waals surface area contributed by atoms with Gasteiger partial charge in [-0.2, -0.15) is 0 Å². The zero-order valence-corrected chi connectivity index (χ0v) is 13.8. The Morgan fingerprint density at radius 3 is 2.55 bits per heavy atom. The van der Waals surface area contributed by atoms with Crippen LogP contribution in [0.2, 0.25) is 0 Å². The van der Waals surface area contributed by atoms with Gasteiger partial charge in [-0.25, -0.2) is 0 Å². The molecule has 1 aliphatic rings. The van der Waals surface area contributed by atoms with Crippen molar-refractivity contribution in [2.24, 2.45) is 5.92 Å². The van der Waals surface area contributed by atoms with Crippen LogP contribution in [-0.4, -0.2) is 61.0 Å². The molecule has 1 fully saturated rings. The summed E-state index contributed by atoms with van der Waals surface area (Å²) in [4.78, 5) is 2.51. The Balaban J connectivity index is 1.97. The second kappa shape index (κ2) is 9.72. The van der Waals surface area contributed by atoms with Crippen molar-refractivity contribution in [3.8, 4) is 0 Å². The summed E-state index contributed by atoms with van der Waals surface area (Å²) in [5.74, 6) is 0.641. The monoisotopic (exact) mass is 286 g/mol. The maximum atomic E-state index is 9.88. The number of ether oxygens (including phenoxy) is 1. The molecule has 2 N–H and O–H groups in total. The third-order valence-corrected chi connectivity index (χ3v) is 3.80. The van der Waals surface area contributed by atoms with Crippen LogP contribution in [0.1, 0.15) is 47.0 Å². The van der Waals surface area contributed by atoms with E-state index < -0.39 is 6.10 Å². The first kappa shape index (κ1) is 17.9. The molecule has 0 saturated heterocycles. The topological polar surface area (TPSA) is 44.7 Å². The molecule has 1 saturated carbocycles. The van der Waals surface area contributed by atoms with Gasteiger partial charge in [0.1, 0.15) is 0 Å². The van der Waals surface area contributed by atoms with Crippen molar-refractivity contribution >= 4 is 0 Å². The first-order valence-corrected chi connectivity index (χ1v) is 8.27. The van der Waals surface area contributed by atoms with Gasteiger partial charge in [-0.15, -0.1) is 0 Å². The van der Waals surface area contributed by atoms with Gasteiger partial charge in [-0.3, -0.25) is 4.90 Å². The predicted molar refractivity (Wildman–Crippen MR) is 84.0 cm³/mol. The molecule has 0 bridgehead atoms. The number of aliphatic hydroxyl groups is 1. The van der Waals surface area contributed by atoms with Gasteiger partial charge in [-0.05, 0) is 38.6 Å². The van der Waals surface area contributed by atoms with Crippen molar-refractivity contribution in [2.75, 3.05) is 32.8 Å². The third kappa shape index (κ3) is 8.20. The number of aliphatic hydroxyl groups excluding tert-OH is 1. The van der Waals surface area contributed by atoms with E-state index in [-0.39, 0.29) is 6.10 Å². The van der Waals surface area contributed by atoms with E-state index in [1.54, 1.807) is 0 Å². The van der Waals surface area contributed by atoms with Crippen LogP contribution in [0.5, 0.6) is 0 Å². The van der Waals surface area contributed by atoms with E-state index in [0.717, 1.165) is 32.1 Å². The SMILES string of the molecule is CCN(CCNCC(O)COC(C)CC(C)C)C1CC1. The van der Waals surface area contributed by atoms with E-state index >= 15 is 0 Å². The van der Waals surface area contributed by atoms with E-state index in [1.807, 2.05) is 0 Å². The standard InChI is InChI=1S/C16H34N2O2/c1-5-18(15-6-7-15)9-8-17-11-16(19)12-20-14(4)10-13(2)3/h13-17,19H,5-12H2,1-4H3. The normalized spacial score (nSPS) is 18.8. The lowest BCUT2D eigenvalue weighted by Crippen LogP contribution is -2.38. The lowest BCUT2D eigenvalue weighted by molar-refractivity contribution is -0.00855. The molecule has 1 aliphatic carbocycles. The second-order valence-corrected chi connectivity index (χ2v) is 6.49. The van der Waals surface area contributed by atoms with Gasteiger partial charge >= 0.3 is 0 Å². The smallest absolute Gasteiger partial charge is 0.0897 e. The summed E-state index contributed by atoms with van der Waals surface area (Å²) in [5.41, 5.74) is 0. The highest BCUT2D eigenvalue weighted by Gasteiger charge is 2.27. The zero-order valence-electron chi connectivity index (χ0n) is 13.8. The molecular formula is C16H34N2O2. The molecule has 20 heavy (non-hydrogen) atoms. The summed E-state index contributed by atoms with van der Waals surface area (Å²) in [6.45, 7) is 12.9. The molecule has 120 valence electrons. The number of hydrogen-bond donors (Lipinski definition) is 2. The molecule has 0 aliphatic heterocycles. The molecule has 4 heteroatoms. The Kier molecular flexibility index (Phi) is 8.69. The van der Waals surface area contributed by atoms with Crippen LogP contribution < -0.4 is 5.32 Å². The predicted octanol–water partition coefficient (Wildman–Crippen LogP) is 1.87. The first-order chi connectivity index (χ1) is 9.52. The fourth-order valence-electron chi connectivity index (χ4n) is 2.60. The minimum absolute atomic E-state index is 0.232. The fraction of sp³-hybridized carbons (Fsp3) is 1.00. The maximum Gasteiger partial charge on any atom is 0.0897 e. The van der Waals surface area contributed by atoms with Crippen molar-refractivity contribution in [3.05, 3.63) is 0 Å². The largest absolute Gasteiger partial charge is 0.389 e. The van der Waals surface area contributed by atoms with Crippen molar-refractivity contribution in [1.82, 2.24) is 10.2 Å². The molecule has 1 rings (SSSR count). The number of nitrogens with zero attached hydrogens (tertiary/aromatic N) is 1. The molecule has 2 unspecified atom stereocenters. The van der Waals surface area contributed by atoms with Crippen molar-refractivity contribution < 1.29 is 9.84 Å². The van der Waals surface area contributed by atoms with Gasteiger partial charge in [0.25, 0.3) is 0 Å². The summed E-state index contributed by atoms with van der Waals surface area (Å²) >= 11 is 0.